The number of nitrogens with zero attached hydrogens (tertiary/aromatic N) is 3. The van der Waals surface area contributed by atoms with Crippen LogP contribution >= 0.6 is 0 Å². The molecular weight excluding hydrogens is 264 g/mol. The van der Waals surface area contributed by atoms with Gasteiger partial charge < -0.3 is 10.2 Å². The summed E-state index contributed by atoms with van der Waals surface area (Å²) in [4.78, 5) is 22.3. The molecule has 1 aliphatic heterocycles. The molecule has 0 radical (unpaired) electrons. The van der Waals surface area contributed by atoms with Gasteiger partial charge in [0.05, 0.1) is 0 Å². The van der Waals surface area contributed by atoms with E-state index in [2.05, 4.69) is 15.3 Å². The Bertz CT molecular complexity index is 580. The topological polar surface area (TPSA) is 58.1 Å². The number of hydrogen-bond donors (Lipinski definition) is 1. The lowest BCUT2D eigenvalue weighted by Gasteiger charge is -2.32. The molecule has 1 saturated heterocycles. The van der Waals surface area contributed by atoms with Crippen molar-refractivity contribution in [3.05, 3.63) is 54.5 Å². The molecule has 1 fully saturated rings. The Morgan fingerprint density at radius 2 is 1.90 bits per heavy atom. The number of likely N-dealkylation sites (tertiary alicyclic amines) is 1. The third kappa shape index (κ3) is 3.37. The lowest BCUT2D eigenvalue weighted by molar-refractivity contribution is 0.0718. The van der Waals surface area contributed by atoms with Crippen LogP contribution in [0, 0.1) is 0 Å². The fourth-order valence-corrected chi connectivity index (χ4v) is 2.58. The number of hydrogen-bond acceptors (Lipinski definition) is 4. The van der Waals surface area contributed by atoms with Gasteiger partial charge in [0, 0.05) is 30.9 Å². The third-order valence-corrected chi connectivity index (χ3v) is 3.74. The minimum absolute atomic E-state index is 0.121. The molecule has 0 bridgehead atoms. The molecule has 21 heavy (non-hydrogen) atoms. The van der Waals surface area contributed by atoms with Gasteiger partial charge in [-0.3, -0.25) is 4.79 Å². The Morgan fingerprint density at radius 3 is 2.57 bits per heavy atom. The van der Waals surface area contributed by atoms with E-state index in [1.165, 1.54) is 6.33 Å². The molecule has 3 rings (SSSR count). The van der Waals surface area contributed by atoms with Gasteiger partial charge in [0.15, 0.2) is 0 Å². The average Bonchev–Trinajstić information content (AvgIpc) is 2.57. The number of benzene rings is 1. The molecule has 2 heterocycles. The number of carbonyl (C=O) groups is 1. The maximum atomic E-state index is 12.3. The van der Waals surface area contributed by atoms with Gasteiger partial charge in [0.25, 0.3) is 5.91 Å². The van der Waals surface area contributed by atoms with Crippen molar-refractivity contribution in [3.63, 3.8) is 0 Å². The zero-order valence-corrected chi connectivity index (χ0v) is 11.8. The van der Waals surface area contributed by atoms with Crippen LogP contribution in [0.2, 0.25) is 0 Å². The van der Waals surface area contributed by atoms with Crippen LogP contribution in [0.3, 0.4) is 0 Å². The van der Waals surface area contributed by atoms with Crippen LogP contribution in [0.4, 0.5) is 5.82 Å². The van der Waals surface area contributed by atoms with Crippen molar-refractivity contribution < 1.29 is 4.79 Å². The van der Waals surface area contributed by atoms with Crippen LogP contribution in [0.25, 0.3) is 0 Å². The summed E-state index contributed by atoms with van der Waals surface area (Å²) >= 11 is 0. The number of aromatic nitrogens is 2. The highest BCUT2D eigenvalue weighted by molar-refractivity contribution is 5.94. The number of nitrogens with one attached hydrogen (secondary N) is 1. The number of rotatable bonds is 3. The van der Waals surface area contributed by atoms with Crippen LogP contribution in [0.15, 0.2) is 48.9 Å². The van der Waals surface area contributed by atoms with Gasteiger partial charge in [0.1, 0.15) is 12.1 Å². The van der Waals surface area contributed by atoms with E-state index in [1.807, 2.05) is 41.3 Å². The van der Waals surface area contributed by atoms with E-state index in [4.69, 9.17) is 0 Å². The first-order valence-corrected chi connectivity index (χ1v) is 7.20. The molecule has 1 aliphatic rings. The van der Waals surface area contributed by atoms with Crippen LogP contribution in [-0.2, 0) is 0 Å². The number of piperidine rings is 1. The predicted octanol–water partition coefficient (Wildman–Crippen LogP) is 2.19. The Labute approximate surface area is 124 Å². The summed E-state index contributed by atoms with van der Waals surface area (Å²) in [7, 11) is 0. The monoisotopic (exact) mass is 282 g/mol. The minimum atomic E-state index is 0.121. The van der Waals surface area contributed by atoms with Crippen molar-refractivity contribution in [1.82, 2.24) is 14.9 Å². The van der Waals surface area contributed by atoms with E-state index in [0.29, 0.717) is 6.04 Å². The third-order valence-electron chi connectivity index (χ3n) is 3.74. The van der Waals surface area contributed by atoms with Crippen molar-refractivity contribution in [2.24, 2.45) is 0 Å². The van der Waals surface area contributed by atoms with Crippen LogP contribution < -0.4 is 5.32 Å². The summed E-state index contributed by atoms with van der Waals surface area (Å²) in [6.45, 7) is 1.55. The Hall–Kier alpha value is -2.43. The number of carbonyl (C=O) groups excluding carboxylic acids is 1. The number of anilines is 1. The molecule has 0 saturated carbocycles. The first kappa shape index (κ1) is 13.5. The van der Waals surface area contributed by atoms with E-state index in [1.54, 1.807) is 6.20 Å². The van der Waals surface area contributed by atoms with Gasteiger partial charge in [0.2, 0.25) is 0 Å². The predicted molar refractivity (Wildman–Crippen MR) is 81.0 cm³/mol. The molecule has 5 heteroatoms. The smallest absolute Gasteiger partial charge is 0.253 e. The summed E-state index contributed by atoms with van der Waals surface area (Å²) in [6.07, 6.45) is 5.13. The maximum Gasteiger partial charge on any atom is 0.253 e. The van der Waals surface area contributed by atoms with Crippen molar-refractivity contribution in [2.75, 3.05) is 18.4 Å². The van der Waals surface area contributed by atoms with Crippen LogP contribution in [-0.4, -0.2) is 39.9 Å². The molecule has 0 spiro atoms. The second-order valence-electron chi connectivity index (χ2n) is 5.17. The summed E-state index contributed by atoms with van der Waals surface area (Å²) in [6, 6.07) is 11.7. The van der Waals surface area contributed by atoms with Gasteiger partial charge in [-0.1, -0.05) is 18.2 Å². The molecule has 1 N–H and O–H groups in total. The molecule has 1 aromatic heterocycles. The number of amides is 1. The molecule has 0 aliphatic carbocycles. The van der Waals surface area contributed by atoms with Crippen molar-refractivity contribution in [1.29, 1.82) is 0 Å². The maximum absolute atomic E-state index is 12.3. The fourth-order valence-electron chi connectivity index (χ4n) is 2.58. The SMILES string of the molecule is O=C(c1ccccc1)N1CCC(Nc2ccncn2)CC1. The zero-order chi connectivity index (χ0) is 14.5. The van der Waals surface area contributed by atoms with Crippen LogP contribution in [0.5, 0.6) is 0 Å². The lowest BCUT2D eigenvalue weighted by Crippen LogP contribution is -2.42. The molecule has 2 aromatic rings. The van der Waals surface area contributed by atoms with Crippen molar-refractivity contribution in [2.45, 2.75) is 18.9 Å². The second kappa shape index (κ2) is 6.35. The first-order chi connectivity index (χ1) is 10.3. The highest BCUT2D eigenvalue weighted by Gasteiger charge is 2.23. The van der Waals surface area contributed by atoms with Gasteiger partial charge in [-0.15, -0.1) is 0 Å². The van der Waals surface area contributed by atoms with Gasteiger partial charge in [-0.25, -0.2) is 9.97 Å². The molecule has 5 nitrogen and oxygen atoms in total. The van der Waals surface area contributed by atoms with E-state index in [9.17, 15) is 4.79 Å². The Kier molecular flexibility index (Phi) is 4.09. The van der Waals surface area contributed by atoms with Gasteiger partial charge >= 0.3 is 0 Å². The summed E-state index contributed by atoms with van der Waals surface area (Å²) in [5.41, 5.74) is 0.764. The van der Waals surface area contributed by atoms with E-state index < -0.39 is 0 Å². The van der Waals surface area contributed by atoms with E-state index in [0.717, 1.165) is 37.3 Å². The zero-order valence-electron chi connectivity index (χ0n) is 11.8. The highest BCUT2D eigenvalue weighted by Crippen LogP contribution is 2.16. The molecule has 1 aromatic carbocycles. The fraction of sp³-hybridized carbons (Fsp3) is 0.312. The van der Waals surface area contributed by atoms with E-state index >= 15 is 0 Å². The molecule has 1 amide bonds. The first-order valence-electron chi connectivity index (χ1n) is 7.20. The molecular formula is C16H18N4O. The largest absolute Gasteiger partial charge is 0.367 e. The minimum Gasteiger partial charge on any atom is -0.367 e. The Balaban J connectivity index is 1.54. The lowest BCUT2D eigenvalue weighted by atomic mass is 10.0. The average molecular weight is 282 g/mol. The highest BCUT2D eigenvalue weighted by atomic mass is 16.2. The summed E-state index contributed by atoms with van der Waals surface area (Å²) < 4.78 is 0. The Morgan fingerprint density at radius 1 is 1.14 bits per heavy atom. The molecule has 0 atom stereocenters. The normalized spacial score (nSPS) is 15.7. The van der Waals surface area contributed by atoms with Crippen LogP contribution in [0.1, 0.15) is 23.2 Å². The van der Waals surface area contributed by atoms with Gasteiger partial charge in [-0.05, 0) is 31.0 Å². The van der Waals surface area contributed by atoms with Crippen molar-refractivity contribution >= 4 is 11.7 Å². The van der Waals surface area contributed by atoms with E-state index in [-0.39, 0.29) is 5.91 Å². The summed E-state index contributed by atoms with van der Waals surface area (Å²) in [5.74, 6) is 0.967. The second-order valence-corrected chi connectivity index (χ2v) is 5.17. The van der Waals surface area contributed by atoms with Gasteiger partial charge in [-0.2, -0.15) is 0 Å². The standard InChI is InChI=1S/C16H18N4O/c21-16(13-4-2-1-3-5-13)20-10-7-14(8-11-20)19-15-6-9-17-12-18-15/h1-6,9,12,14H,7-8,10-11H2,(H,17,18,19). The molecule has 0 unspecified atom stereocenters. The summed E-state index contributed by atoms with van der Waals surface area (Å²) in [5, 5.41) is 3.39. The van der Waals surface area contributed by atoms with Crippen molar-refractivity contribution in [3.8, 4) is 0 Å². The quantitative estimate of drug-likeness (QED) is 0.937. The molecule has 108 valence electrons.